The zero-order chi connectivity index (χ0) is 14.0. The van der Waals surface area contributed by atoms with Crippen LogP contribution in [0, 0.1) is 5.92 Å². The van der Waals surface area contributed by atoms with E-state index in [1.807, 2.05) is 0 Å². The molecule has 0 heterocycles. The fourth-order valence-electron chi connectivity index (χ4n) is 2.15. The Morgan fingerprint density at radius 3 is 2.42 bits per heavy atom. The van der Waals surface area contributed by atoms with E-state index in [0.717, 1.165) is 18.4 Å². The first-order valence-corrected chi connectivity index (χ1v) is 6.30. The smallest absolute Gasteiger partial charge is 0.329 e. The van der Waals surface area contributed by atoms with E-state index in [1.165, 1.54) is 0 Å². The Balaban J connectivity index is 2.00. The molecule has 0 saturated heterocycles. The maximum atomic E-state index is 11.9. The molecule has 19 heavy (non-hydrogen) atoms. The molecule has 1 fully saturated rings. The zero-order valence-electron chi connectivity index (χ0n) is 10.8. The number of carboxylic acids is 1. The third-order valence-corrected chi connectivity index (χ3v) is 3.58. The van der Waals surface area contributed by atoms with E-state index in [0.29, 0.717) is 5.69 Å². The van der Waals surface area contributed by atoms with Gasteiger partial charge in [-0.25, -0.2) is 4.79 Å². The molecule has 102 valence electrons. The molecule has 4 N–H and O–H groups in total. The Morgan fingerprint density at radius 2 is 1.95 bits per heavy atom. The molecule has 0 aromatic heterocycles. The van der Waals surface area contributed by atoms with Gasteiger partial charge >= 0.3 is 5.97 Å². The number of amides is 1. The third-order valence-electron chi connectivity index (χ3n) is 3.58. The van der Waals surface area contributed by atoms with E-state index in [4.69, 9.17) is 5.73 Å². The molecular weight excluding hydrogens is 244 g/mol. The number of hydrogen-bond donors (Lipinski definition) is 3. The van der Waals surface area contributed by atoms with E-state index in [9.17, 15) is 14.7 Å². The van der Waals surface area contributed by atoms with E-state index in [-0.39, 0.29) is 18.2 Å². The summed E-state index contributed by atoms with van der Waals surface area (Å²) in [6.45, 7) is 1.58. The minimum absolute atomic E-state index is 0.0420. The fourth-order valence-corrected chi connectivity index (χ4v) is 2.15. The molecule has 0 aliphatic heterocycles. The minimum Gasteiger partial charge on any atom is -0.480 e. The van der Waals surface area contributed by atoms with Gasteiger partial charge in [-0.05, 0) is 43.4 Å². The Kier molecular flexibility index (Phi) is 3.46. The molecule has 1 atom stereocenters. The van der Waals surface area contributed by atoms with Gasteiger partial charge in [0.15, 0.2) is 0 Å². The molecule has 1 saturated carbocycles. The highest BCUT2D eigenvalue weighted by molar-refractivity contribution is 5.88. The van der Waals surface area contributed by atoms with Crippen molar-refractivity contribution in [2.75, 3.05) is 5.73 Å². The summed E-state index contributed by atoms with van der Waals surface area (Å²) >= 11 is 0. The maximum Gasteiger partial charge on any atom is 0.329 e. The number of carboxylic acid groups (broad SMARTS) is 1. The SMILES string of the molecule is CC(NC(=O)Cc1ccc(N)cc1)(C(=O)O)C1CC1. The number of rotatable bonds is 5. The first kappa shape index (κ1) is 13.4. The van der Waals surface area contributed by atoms with Gasteiger partial charge in [0.25, 0.3) is 0 Å². The second-order valence-electron chi connectivity index (χ2n) is 5.25. The number of carbonyl (C=O) groups excluding carboxylic acids is 1. The average Bonchev–Trinajstić information content (AvgIpc) is 3.16. The van der Waals surface area contributed by atoms with Crippen LogP contribution in [0.4, 0.5) is 5.69 Å². The Hall–Kier alpha value is -2.04. The van der Waals surface area contributed by atoms with Crippen LogP contribution in [0.1, 0.15) is 25.3 Å². The highest BCUT2D eigenvalue weighted by Gasteiger charge is 2.48. The van der Waals surface area contributed by atoms with Gasteiger partial charge in [-0.15, -0.1) is 0 Å². The van der Waals surface area contributed by atoms with Gasteiger partial charge in [-0.3, -0.25) is 4.79 Å². The largest absolute Gasteiger partial charge is 0.480 e. The van der Waals surface area contributed by atoms with Crippen molar-refractivity contribution in [2.45, 2.75) is 31.7 Å². The van der Waals surface area contributed by atoms with Gasteiger partial charge in [-0.2, -0.15) is 0 Å². The lowest BCUT2D eigenvalue weighted by atomic mass is 9.95. The Labute approximate surface area is 111 Å². The molecule has 1 aliphatic carbocycles. The van der Waals surface area contributed by atoms with Crippen LogP contribution in [0.15, 0.2) is 24.3 Å². The van der Waals surface area contributed by atoms with Gasteiger partial charge in [0.05, 0.1) is 6.42 Å². The first-order valence-electron chi connectivity index (χ1n) is 6.30. The minimum atomic E-state index is -1.15. The van der Waals surface area contributed by atoms with Crippen molar-refractivity contribution in [1.82, 2.24) is 5.32 Å². The van der Waals surface area contributed by atoms with Crippen LogP contribution in [-0.4, -0.2) is 22.5 Å². The summed E-state index contributed by atoms with van der Waals surface area (Å²) in [6, 6.07) is 6.98. The molecule has 5 nitrogen and oxygen atoms in total. The topological polar surface area (TPSA) is 92.4 Å². The number of hydrogen-bond acceptors (Lipinski definition) is 3. The average molecular weight is 262 g/mol. The van der Waals surface area contributed by atoms with Crippen LogP contribution in [0.5, 0.6) is 0 Å². The summed E-state index contributed by atoms with van der Waals surface area (Å²) in [6.07, 6.45) is 1.87. The van der Waals surface area contributed by atoms with Gasteiger partial charge in [0.2, 0.25) is 5.91 Å². The number of aliphatic carboxylic acids is 1. The number of benzene rings is 1. The maximum absolute atomic E-state index is 11.9. The van der Waals surface area contributed by atoms with Crippen molar-refractivity contribution < 1.29 is 14.7 Å². The van der Waals surface area contributed by atoms with Crippen molar-refractivity contribution in [3.05, 3.63) is 29.8 Å². The fraction of sp³-hybridized carbons (Fsp3) is 0.429. The van der Waals surface area contributed by atoms with Crippen molar-refractivity contribution in [2.24, 2.45) is 5.92 Å². The van der Waals surface area contributed by atoms with E-state index < -0.39 is 11.5 Å². The number of nitrogens with two attached hydrogens (primary N) is 1. The normalized spacial score (nSPS) is 17.5. The van der Waals surface area contributed by atoms with Gasteiger partial charge in [0.1, 0.15) is 5.54 Å². The molecule has 1 unspecified atom stereocenters. The molecule has 0 bridgehead atoms. The predicted octanol–water partition coefficient (Wildman–Crippen LogP) is 1.18. The lowest BCUT2D eigenvalue weighted by molar-refractivity contribution is -0.147. The number of carbonyl (C=O) groups is 2. The van der Waals surface area contributed by atoms with Crippen LogP contribution in [-0.2, 0) is 16.0 Å². The van der Waals surface area contributed by atoms with Crippen LogP contribution in [0.25, 0.3) is 0 Å². The Morgan fingerprint density at radius 1 is 1.37 bits per heavy atom. The predicted molar refractivity (Wildman–Crippen MR) is 71.5 cm³/mol. The highest BCUT2D eigenvalue weighted by Crippen LogP contribution is 2.39. The second-order valence-corrected chi connectivity index (χ2v) is 5.25. The monoisotopic (exact) mass is 262 g/mol. The van der Waals surface area contributed by atoms with E-state index in [2.05, 4.69) is 5.32 Å². The second kappa shape index (κ2) is 4.91. The van der Waals surface area contributed by atoms with Gasteiger partial charge < -0.3 is 16.2 Å². The number of nitrogens with one attached hydrogen (secondary N) is 1. The van der Waals surface area contributed by atoms with Crippen molar-refractivity contribution in [3.8, 4) is 0 Å². The molecule has 1 aliphatic rings. The first-order chi connectivity index (χ1) is 8.91. The van der Waals surface area contributed by atoms with Gasteiger partial charge in [0, 0.05) is 5.69 Å². The summed E-state index contributed by atoms with van der Waals surface area (Å²) in [4.78, 5) is 23.2. The lowest BCUT2D eigenvalue weighted by Crippen LogP contribution is -2.54. The zero-order valence-corrected chi connectivity index (χ0v) is 10.8. The Bertz CT molecular complexity index is 494. The quantitative estimate of drug-likeness (QED) is 0.695. The molecule has 0 radical (unpaired) electrons. The van der Waals surface area contributed by atoms with Crippen LogP contribution < -0.4 is 11.1 Å². The summed E-state index contributed by atoms with van der Waals surface area (Å²) in [5.41, 5.74) is 5.87. The van der Waals surface area contributed by atoms with Crippen molar-refractivity contribution in [1.29, 1.82) is 0 Å². The molecule has 2 rings (SSSR count). The third kappa shape index (κ3) is 3.05. The van der Waals surface area contributed by atoms with Crippen LogP contribution in [0.2, 0.25) is 0 Å². The van der Waals surface area contributed by atoms with Crippen LogP contribution in [0.3, 0.4) is 0 Å². The van der Waals surface area contributed by atoms with Crippen molar-refractivity contribution in [3.63, 3.8) is 0 Å². The molecule has 1 amide bonds. The van der Waals surface area contributed by atoms with Gasteiger partial charge in [-0.1, -0.05) is 12.1 Å². The molecule has 5 heteroatoms. The number of anilines is 1. The van der Waals surface area contributed by atoms with Crippen molar-refractivity contribution >= 4 is 17.6 Å². The number of nitrogen functional groups attached to an aromatic ring is 1. The summed E-state index contributed by atoms with van der Waals surface area (Å²) in [7, 11) is 0. The van der Waals surface area contributed by atoms with E-state index >= 15 is 0 Å². The van der Waals surface area contributed by atoms with E-state index in [1.54, 1.807) is 31.2 Å². The molecular formula is C14H18N2O3. The molecule has 1 aromatic carbocycles. The summed E-state index contributed by atoms with van der Waals surface area (Å²) in [5, 5.41) is 11.9. The standard InChI is InChI=1S/C14H18N2O3/c1-14(13(18)19,10-4-5-10)16-12(17)8-9-2-6-11(15)7-3-9/h2-3,6-7,10H,4-5,8,15H2,1H3,(H,16,17)(H,18,19). The summed E-state index contributed by atoms with van der Waals surface area (Å²) in [5.74, 6) is -1.21. The summed E-state index contributed by atoms with van der Waals surface area (Å²) < 4.78 is 0. The molecule has 0 spiro atoms. The lowest BCUT2D eigenvalue weighted by Gasteiger charge is -2.26. The van der Waals surface area contributed by atoms with Crippen LogP contribution >= 0.6 is 0 Å². The highest BCUT2D eigenvalue weighted by atomic mass is 16.4. The molecule has 1 aromatic rings.